The van der Waals surface area contributed by atoms with Crippen LogP contribution in [0.1, 0.15) is 13.3 Å². The van der Waals surface area contributed by atoms with Gasteiger partial charge in [-0.15, -0.1) is 0 Å². The lowest BCUT2D eigenvalue weighted by atomic mass is 10.1. The Balaban J connectivity index is 4.22. The Kier molecular flexibility index (Phi) is 4.35. The van der Waals surface area contributed by atoms with Crippen molar-refractivity contribution in [1.29, 1.82) is 0 Å². The lowest BCUT2D eigenvalue weighted by Gasteiger charge is -2.29. The molecule has 0 aromatic rings. The summed E-state index contributed by atoms with van der Waals surface area (Å²) in [6.45, 7) is 2.63. The number of rotatable bonds is 5. The molecular formula is C8H19NO3S. The van der Waals surface area contributed by atoms with Gasteiger partial charge in [0.15, 0.2) is 0 Å². The number of hydrogen-bond donors (Lipinski definition) is 0. The molecular weight excluding hydrogens is 190 g/mol. The lowest BCUT2D eigenvalue weighted by Crippen LogP contribution is -2.40. The van der Waals surface area contributed by atoms with Crippen LogP contribution >= 0.6 is 0 Å². The van der Waals surface area contributed by atoms with E-state index >= 15 is 0 Å². The van der Waals surface area contributed by atoms with Crippen molar-refractivity contribution in [2.45, 2.75) is 13.3 Å². The van der Waals surface area contributed by atoms with Gasteiger partial charge in [0, 0.05) is 11.7 Å². The summed E-state index contributed by atoms with van der Waals surface area (Å²) >= 11 is 0. The van der Waals surface area contributed by atoms with Gasteiger partial charge in [-0.05, 0) is 6.42 Å². The van der Waals surface area contributed by atoms with E-state index in [1.165, 1.54) is 0 Å². The number of hydrogen-bond acceptors (Lipinski definition) is 3. The fraction of sp³-hybridized carbons (Fsp3) is 1.00. The maximum atomic E-state index is 10.5. The highest BCUT2D eigenvalue weighted by atomic mass is 32.2. The number of quaternary nitrogens is 1. The predicted octanol–water partition coefficient (Wildman–Crippen LogP) is 0.264. The minimum absolute atomic E-state index is 0.0255. The van der Waals surface area contributed by atoms with E-state index in [1.54, 1.807) is 0 Å². The molecule has 0 aliphatic rings. The van der Waals surface area contributed by atoms with Crippen LogP contribution in [0.5, 0.6) is 0 Å². The van der Waals surface area contributed by atoms with Crippen LogP contribution < -0.4 is 0 Å². The molecule has 0 aliphatic carbocycles. The average Bonchev–Trinajstić information content (AvgIpc) is 1.79. The molecule has 5 heteroatoms. The Morgan fingerprint density at radius 2 is 1.77 bits per heavy atom. The summed E-state index contributed by atoms with van der Waals surface area (Å²) in [6.07, 6.45) is 0.733. The lowest BCUT2D eigenvalue weighted by molar-refractivity contribution is -0.873. The molecule has 0 saturated heterocycles. The molecule has 0 bridgehead atoms. The first-order valence-electron chi connectivity index (χ1n) is 4.38. The van der Waals surface area contributed by atoms with Gasteiger partial charge in [0.25, 0.3) is 0 Å². The zero-order chi connectivity index (χ0) is 10.7. The second-order valence-corrected chi connectivity index (χ2v) is 5.92. The summed E-state index contributed by atoms with van der Waals surface area (Å²) < 4.78 is 32.3. The topological polar surface area (TPSA) is 57.2 Å². The first kappa shape index (κ1) is 12.9. The van der Waals surface area contributed by atoms with Gasteiger partial charge < -0.3 is 9.04 Å². The fourth-order valence-electron chi connectivity index (χ4n) is 1.36. The van der Waals surface area contributed by atoms with Crippen molar-refractivity contribution in [3.05, 3.63) is 0 Å². The normalized spacial score (nSPS) is 15.8. The zero-order valence-electron chi connectivity index (χ0n) is 8.78. The van der Waals surface area contributed by atoms with E-state index in [9.17, 15) is 13.0 Å². The van der Waals surface area contributed by atoms with Gasteiger partial charge in [0.2, 0.25) is 0 Å². The minimum Gasteiger partial charge on any atom is -0.748 e. The quantitative estimate of drug-likeness (QED) is 0.482. The van der Waals surface area contributed by atoms with Crippen LogP contribution in [0.15, 0.2) is 0 Å². The van der Waals surface area contributed by atoms with E-state index in [4.69, 9.17) is 0 Å². The van der Waals surface area contributed by atoms with Gasteiger partial charge in [-0.2, -0.15) is 0 Å². The van der Waals surface area contributed by atoms with Crippen molar-refractivity contribution >= 4 is 10.1 Å². The number of nitrogens with zero attached hydrogens (tertiary/aromatic N) is 1. The van der Waals surface area contributed by atoms with Crippen LogP contribution in [-0.2, 0) is 10.1 Å². The molecule has 1 unspecified atom stereocenters. The Morgan fingerprint density at radius 1 is 1.31 bits per heavy atom. The summed E-state index contributed by atoms with van der Waals surface area (Å²) in [5, 5.41) is 0. The third-order valence-electron chi connectivity index (χ3n) is 1.82. The highest BCUT2D eigenvalue weighted by Gasteiger charge is 2.18. The van der Waals surface area contributed by atoms with Gasteiger partial charge >= 0.3 is 0 Å². The highest BCUT2D eigenvalue weighted by Crippen LogP contribution is 2.09. The maximum absolute atomic E-state index is 10.5. The van der Waals surface area contributed by atoms with Crippen molar-refractivity contribution in [2.24, 2.45) is 5.92 Å². The predicted molar refractivity (Wildman–Crippen MR) is 51.2 cm³/mol. The van der Waals surface area contributed by atoms with Gasteiger partial charge in [-0.3, -0.25) is 0 Å². The van der Waals surface area contributed by atoms with E-state index < -0.39 is 10.1 Å². The van der Waals surface area contributed by atoms with Crippen LogP contribution in [0, 0.1) is 5.92 Å². The highest BCUT2D eigenvalue weighted by molar-refractivity contribution is 7.85. The van der Waals surface area contributed by atoms with Crippen LogP contribution in [0.4, 0.5) is 0 Å². The fourth-order valence-corrected chi connectivity index (χ4v) is 2.28. The zero-order valence-corrected chi connectivity index (χ0v) is 9.60. The molecule has 0 saturated carbocycles. The molecule has 0 fully saturated rings. The Bertz CT molecular complexity index is 241. The SMILES string of the molecule is CCC(C[N+](C)(C)C)CS(=O)(=O)[O-]. The van der Waals surface area contributed by atoms with E-state index in [-0.39, 0.29) is 11.7 Å². The third-order valence-corrected chi connectivity index (χ3v) is 2.70. The Morgan fingerprint density at radius 3 is 2.00 bits per heavy atom. The summed E-state index contributed by atoms with van der Waals surface area (Å²) in [5.74, 6) is -0.263. The molecule has 4 nitrogen and oxygen atoms in total. The van der Waals surface area contributed by atoms with Crippen LogP contribution in [0.3, 0.4) is 0 Å². The van der Waals surface area contributed by atoms with Crippen molar-refractivity contribution < 1.29 is 17.5 Å². The minimum atomic E-state index is -4.07. The summed E-state index contributed by atoms with van der Waals surface area (Å²) in [6, 6.07) is 0. The molecule has 0 radical (unpaired) electrons. The first-order valence-corrected chi connectivity index (χ1v) is 5.96. The van der Waals surface area contributed by atoms with Crippen molar-refractivity contribution in [1.82, 2.24) is 0 Å². The molecule has 0 aromatic carbocycles. The molecule has 0 amide bonds. The largest absolute Gasteiger partial charge is 0.748 e. The third kappa shape index (κ3) is 8.21. The summed E-state index contributed by atoms with van der Waals surface area (Å²) in [5.41, 5.74) is 0. The average molecular weight is 209 g/mol. The molecule has 0 rings (SSSR count). The monoisotopic (exact) mass is 209 g/mol. The molecule has 80 valence electrons. The Hall–Kier alpha value is -0.130. The van der Waals surface area contributed by atoms with Crippen molar-refractivity contribution in [3.63, 3.8) is 0 Å². The Labute approximate surface area is 80.9 Å². The van der Waals surface area contributed by atoms with Crippen molar-refractivity contribution in [3.8, 4) is 0 Å². The van der Waals surface area contributed by atoms with E-state index in [1.807, 2.05) is 28.1 Å². The van der Waals surface area contributed by atoms with E-state index in [2.05, 4.69) is 0 Å². The van der Waals surface area contributed by atoms with E-state index in [0.29, 0.717) is 4.48 Å². The molecule has 0 aliphatic heterocycles. The van der Waals surface area contributed by atoms with Crippen LogP contribution in [0.2, 0.25) is 0 Å². The van der Waals surface area contributed by atoms with Crippen LogP contribution in [0.25, 0.3) is 0 Å². The summed E-state index contributed by atoms with van der Waals surface area (Å²) in [4.78, 5) is 0. The molecule has 0 spiro atoms. The molecule has 0 heterocycles. The van der Waals surface area contributed by atoms with Gasteiger partial charge in [-0.25, -0.2) is 8.42 Å². The van der Waals surface area contributed by atoms with Crippen molar-refractivity contribution in [2.75, 3.05) is 33.4 Å². The second-order valence-electron chi connectivity index (χ2n) is 4.47. The van der Waals surface area contributed by atoms with Gasteiger partial charge in [0.1, 0.15) is 0 Å². The molecule has 1 atom stereocenters. The standard InChI is InChI=1S/C8H19NO3S/c1-5-8(6-9(2,3)4)7-13(10,11)12/h8H,5-7H2,1-4H3. The molecule has 13 heavy (non-hydrogen) atoms. The maximum Gasteiger partial charge on any atom is 0.0950 e. The summed E-state index contributed by atoms with van der Waals surface area (Å²) in [7, 11) is 1.89. The molecule has 0 aromatic heterocycles. The van der Waals surface area contributed by atoms with E-state index in [0.717, 1.165) is 13.0 Å². The van der Waals surface area contributed by atoms with Gasteiger partial charge in [0.05, 0.1) is 37.8 Å². The second kappa shape index (κ2) is 4.39. The van der Waals surface area contributed by atoms with Crippen LogP contribution in [-0.4, -0.2) is 50.9 Å². The smallest absolute Gasteiger partial charge is 0.0950 e. The first-order chi connectivity index (χ1) is 5.64. The van der Waals surface area contributed by atoms with Gasteiger partial charge in [-0.1, -0.05) is 6.92 Å². The molecule has 0 N–H and O–H groups in total.